The molecule has 2 heteroatoms. The summed E-state index contributed by atoms with van der Waals surface area (Å²) in [6.07, 6.45) is 1.58. The van der Waals surface area contributed by atoms with Crippen molar-refractivity contribution in [2.75, 3.05) is 5.32 Å². The SMILES string of the molecule is CC(=O)C=C(C)Nc1ccccc1. The van der Waals surface area contributed by atoms with Crippen molar-refractivity contribution in [2.45, 2.75) is 13.8 Å². The number of hydrogen-bond donors (Lipinski definition) is 1. The van der Waals surface area contributed by atoms with Crippen molar-refractivity contribution in [1.29, 1.82) is 0 Å². The molecule has 0 fully saturated rings. The average molecular weight is 175 g/mol. The van der Waals surface area contributed by atoms with Gasteiger partial charge in [0.25, 0.3) is 0 Å². The third-order valence-corrected chi connectivity index (χ3v) is 1.54. The molecule has 0 bridgehead atoms. The third kappa shape index (κ3) is 3.56. The first-order chi connectivity index (χ1) is 6.18. The van der Waals surface area contributed by atoms with E-state index in [-0.39, 0.29) is 5.78 Å². The van der Waals surface area contributed by atoms with Crippen molar-refractivity contribution in [3.05, 3.63) is 42.1 Å². The third-order valence-electron chi connectivity index (χ3n) is 1.54. The van der Waals surface area contributed by atoms with E-state index in [1.807, 2.05) is 37.3 Å². The maximum absolute atomic E-state index is 10.7. The Morgan fingerprint density at radius 3 is 2.38 bits per heavy atom. The number of nitrogens with one attached hydrogen (secondary N) is 1. The molecule has 0 unspecified atom stereocenters. The predicted molar refractivity (Wildman–Crippen MR) is 54.5 cm³/mol. The summed E-state index contributed by atoms with van der Waals surface area (Å²) in [7, 11) is 0. The number of allylic oxidation sites excluding steroid dienone is 2. The van der Waals surface area contributed by atoms with Gasteiger partial charge in [-0.2, -0.15) is 0 Å². The minimum absolute atomic E-state index is 0.0564. The van der Waals surface area contributed by atoms with E-state index in [2.05, 4.69) is 5.32 Å². The number of ketones is 1. The number of carbonyl (C=O) groups excluding carboxylic acids is 1. The van der Waals surface area contributed by atoms with Gasteiger partial charge in [-0.15, -0.1) is 0 Å². The normalized spacial score (nSPS) is 11.1. The fourth-order valence-electron chi connectivity index (χ4n) is 1.09. The number of anilines is 1. The molecule has 0 saturated carbocycles. The molecule has 0 spiro atoms. The second-order valence-corrected chi connectivity index (χ2v) is 2.93. The summed E-state index contributed by atoms with van der Waals surface area (Å²) in [6.45, 7) is 3.41. The van der Waals surface area contributed by atoms with E-state index in [0.29, 0.717) is 0 Å². The zero-order valence-corrected chi connectivity index (χ0v) is 7.87. The molecular formula is C11H13NO. The van der Waals surface area contributed by atoms with E-state index in [9.17, 15) is 4.79 Å². The number of para-hydroxylation sites is 1. The molecule has 0 heterocycles. The monoisotopic (exact) mass is 175 g/mol. The smallest absolute Gasteiger partial charge is 0.154 e. The summed E-state index contributed by atoms with van der Waals surface area (Å²) in [6, 6.07) is 9.76. The Bertz CT molecular complexity index is 314. The van der Waals surface area contributed by atoms with Crippen LogP contribution in [0.5, 0.6) is 0 Å². The zero-order chi connectivity index (χ0) is 9.68. The summed E-state index contributed by atoms with van der Waals surface area (Å²) >= 11 is 0. The zero-order valence-electron chi connectivity index (χ0n) is 7.87. The van der Waals surface area contributed by atoms with Crippen molar-refractivity contribution in [3.63, 3.8) is 0 Å². The van der Waals surface area contributed by atoms with Crippen LogP contribution in [0, 0.1) is 0 Å². The Kier molecular flexibility index (Phi) is 3.26. The molecule has 0 aliphatic heterocycles. The van der Waals surface area contributed by atoms with Crippen LogP contribution in [0.4, 0.5) is 5.69 Å². The molecule has 1 rings (SSSR count). The minimum atomic E-state index is 0.0564. The highest BCUT2D eigenvalue weighted by Gasteiger charge is 1.92. The van der Waals surface area contributed by atoms with Crippen molar-refractivity contribution < 1.29 is 4.79 Å². The van der Waals surface area contributed by atoms with Crippen LogP contribution >= 0.6 is 0 Å². The van der Waals surface area contributed by atoms with Gasteiger partial charge in [-0.25, -0.2) is 0 Å². The molecule has 1 aromatic carbocycles. The lowest BCUT2D eigenvalue weighted by Crippen LogP contribution is -1.97. The first-order valence-electron chi connectivity index (χ1n) is 4.19. The fourth-order valence-corrected chi connectivity index (χ4v) is 1.09. The van der Waals surface area contributed by atoms with Gasteiger partial charge in [0.15, 0.2) is 5.78 Å². The van der Waals surface area contributed by atoms with Crippen molar-refractivity contribution in [1.82, 2.24) is 0 Å². The van der Waals surface area contributed by atoms with Crippen molar-refractivity contribution in [2.24, 2.45) is 0 Å². The van der Waals surface area contributed by atoms with Gasteiger partial charge in [-0.3, -0.25) is 4.79 Å². The Morgan fingerprint density at radius 2 is 1.85 bits per heavy atom. The van der Waals surface area contributed by atoms with Crippen LogP contribution in [0.15, 0.2) is 42.1 Å². The van der Waals surface area contributed by atoms with Gasteiger partial charge in [-0.05, 0) is 32.1 Å². The summed E-state index contributed by atoms with van der Waals surface area (Å²) in [5.41, 5.74) is 1.86. The average Bonchev–Trinajstić information content (AvgIpc) is 2.04. The van der Waals surface area contributed by atoms with Gasteiger partial charge in [0.2, 0.25) is 0 Å². The summed E-state index contributed by atoms with van der Waals surface area (Å²) < 4.78 is 0. The standard InChI is InChI=1S/C11H13NO/c1-9(8-10(2)13)12-11-6-4-3-5-7-11/h3-8,12H,1-2H3. The molecular weight excluding hydrogens is 162 g/mol. The molecule has 0 radical (unpaired) electrons. The summed E-state index contributed by atoms with van der Waals surface area (Å²) in [5.74, 6) is 0.0564. The molecule has 0 aliphatic carbocycles. The summed E-state index contributed by atoms with van der Waals surface area (Å²) in [5, 5.41) is 3.11. The van der Waals surface area contributed by atoms with Crippen LogP contribution < -0.4 is 5.32 Å². The topological polar surface area (TPSA) is 29.1 Å². The second kappa shape index (κ2) is 4.45. The van der Waals surface area contributed by atoms with Gasteiger partial charge in [0.05, 0.1) is 0 Å². The first kappa shape index (κ1) is 9.52. The lowest BCUT2D eigenvalue weighted by Gasteiger charge is -2.04. The van der Waals surface area contributed by atoms with E-state index in [1.54, 1.807) is 6.08 Å². The predicted octanol–water partition coefficient (Wildman–Crippen LogP) is 2.59. The Balaban J connectivity index is 2.65. The molecule has 0 amide bonds. The highest BCUT2D eigenvalue weighted by molar-refractivity contribution is 5.88. The van der Waals surface area contributed by atoms with Crippen LogP contribution in [0.2, 0.25) is 0 Å². The maximum atomic E-state index is 10.7. The molecule has 1 N–H and O–H groups in total. The van der Waals surface area contributed by atoms with Gasteiger partial charge in [0.1, 0.15) is 0 Å². The molecule has 0 saturated heterocycles. The first-order valence-corrected chi connectivity index (χ1v) is 4.19. The number of carbonyl (C=O) groups is 1. The number of benzene rings is 1. The van der Waals surface area contributed by atoms with E-state index < -0.39 is 0 Å². The largest absolute Gasteiger partial charge is 0.359 e. The maximum Gasteiger partial charge on any atom is 0.154 e. The number of hydrogen-bond acceptors (Lipinski definition) is 2. The van der Waals surface area contributed by atoms with Crippen LogP contribution in [-0.2, 0) is 4.79 Å². The molecule has 0 atom stereocenters. The molecule has 0 aromatic heterocycles. The van der Waals surface area contributed by atoms with E-state index >= 15 is 0 Å². The molecule has 2 nitrogen and oxygen atoms in total. The summed E-state index contributed by atoms with van der Waals surface area (Å²) in [4.78, 5) is 10.7. The van der Waals surface area contributed by atoms with E-state index in [0.717, 1.165) is 11.4 Å². The van der Waals surface area contributed by atoms with Crippen LogP contribution in [0.1, 0.15) is 13.8 Å². The van der Waals surface area contributed by atoms with Crippen LogP contribution in [-0.4, -0.2) is 5.78 Å². The van der Waals surface area contributed by atoms with Gasteiger partial charge < -0.3 is 5.32 Å². The van der Waals surface area contributed by atoms with Crippen molar-refractivity contribution in [3.8, 4) is 0 Å². The minimum Gasteiger partial charge on any atom is -0.359 e. The quantitative estimate of drug-likeness (QED) is 0.715. The van der Waals surface area contributed by atoms with Gasteiger partial charge in [0, 0.05) is 11.4 Å². The van der Waals surface area contributed by atoms with E-state index in [1.165, 1.54) is 6.92 Å². The van der Waals surface area contributed by atoms with Gasteiger partial charge >= 0.3 is 0 Å². The Hall–Kier alpha value is -1.57. The second-order valence-electron chi connectivity index (χ2n) is 2.93. The van der Waals surface area contributed by atoms with Gasteiger partial charge in [-0.1, -0.05) is 18.2 Å². The molecule has 68 valence electrons. The Labute approximate surface area is 78.3 Å². The highest BCUT2D eigenvalue weighted by atomic mass is 16.1. The lowest BCUT2D eigenvalue weighted by atomic mass is 10.3. The molecule has 13 heavy (non-hydrogen) atoms. The van der Waals surface area contributed by atoms with Crippen molar-refractivity contribution >= 4 is 11.5 Å². The van der Waals surface area contributed by atoms with Crippen LogP contribution in [0.3, 0.4) is 0 Å². The lowest BCUT2D eigenvalue weighted by molar-refractivity contribution is -0.112. The highest BCUT2D eigenvalue weighted by Crippen LogP contribution is 2.08. The Morgan fingerprint density at radius 1 is 1.23 bits per heavy atom. The number of rotatable bonds is 3. The molecule has 1 aromatic rings. The van der Waals surface area contributed by atoms with Crippen LogP contribution in [0.25, 0.3) is 0 Å². The molecule has 0 aliphatic rings. The fraction of sp³-hybridized carbons (Fsp3) is 0.182. The van der Waals surface area contributed by atoms with E-state index in [4.69, 9.17) is 0 Å².